The van der Waals surface area contributed by atoms with Crippen LogP contribution in [-0.2, 0) is 6.54 Å². The van der Waals surface area contributed by atoms with Crippen LogP contribution in [0.4, 0.5) is 0 Å². The molecule has 17 heavy (non-hydrogen) atoms. The Morgan fingerprint density at radius 3 is 2.53 bits per heavy atom. The molecule has 94 valence electrons. The van der Waals surface area contributed by atoms with Gasteiger partial charge >= 0.3 is 0 Å². The van der Waals surface area contributed by atoms with Crippen molar-refractivity contribution in [3.8, 4) is 11.5 Å². The van der Waals surface area contributed by atoms with Crippen molar-refractivity contribution in [1.82, 2.24) is 5.32 Å². The van der Waals surface area contributed by atoms with E-state index in [9.17, 15) is 10.2 Å². The van der Waals surface area contributed by atoms with Crippen LogP contribution in [0, 0.1) is 0 Å². The Bertz CT molecular complexity index is 384. The van der Waals surface area contributed by atoms with Crippen LogP contribution in [-0.4, -0.2) is 15.8 Å². The first kappa shape index (κ1) is 12.2. The van der Waals surface area contributed by atoms with Crippen LogP contribution in [0.3, 0.4) is 0 Å². The van der Waals surface area contributed by atoms with E-state index >= 15 is 0 Å². The molecule has 1 aromatic rings. The predicted molar refractivity (Wildman–Crippen MR) is 68.1 cm³/mol. The first-order chi connectivity index (χ1) is 8.09. The zero-order valence-corrected chi connectivity index (χ0v) is 10.4. The zero-order chi connectivity index (χ0) is 12.3. The summed E-state index contributed by atoms with van der Waals surface area (Å²) in [6.07, 6.45) is 6.30. The molecule has 2 rings (SSSR count). The number of benzene rings is 1. The molecule has 0 atom stereocenters. The third kappa shape index (κ3) is 3.13. The highest BCUT2D eigenvalue weighted by Gasteiger charge is 2.25. The fraction of sp³-hybridized carbons (Fsp3) is 0.571. The Balaban J connectivity index is 1.97. The van der Waals surface area contributed by atoms with Gasteiger partial charge in [-0.15, -0.1) is 0 Å². The van der Waals surface area contributed by atoms with E-state index in [1.807, 2.05) is 0 Å². The Morgan fingerprint density at radius 2 is 1.88 bits per heavy atom. The molecule has 0 heterocycles. The number of rotatable bonds is 3. The molecule has 3 nitrogen and oxygen atoms in total. The molecule has 3 heteroatoms. The topological polar surface area (TPSA) is 52.5 Å². The summed E-state index contributed by atoms with van der Waals surface area (Å²) in [5.41, 5.74) is 1.04. The molecule has 1 fully saturated rings. The normalized spacial score (nSPS) is 19.1. The lowest BCUT2D eigenvalue weighted by atomic mass is 9.83. The average molecular weight is 235 g/mol. The van der Waals surface area contributed by atoms with Gasteiger partial charge in [-0.05, 0) is 25.8 Å². The van der Waals surface area contributed by atoms with E-state index in [2.05, 4.69) is 12.2 Å². The highest BCUT2D eigenvalue weighted by Crippen LogP contribution is 2.29. The van der Waals surface area contributed by atoms with Crippen molar-refractivity contribution in [2.24, 2.45) is 0 Å². The van der Waals surface area contributed by atoms with Crippen molar-refractivity contribution in [2.45, 2.75) is 51.1 Å². The zero-order valence-electron chi connectivity index (χ0n) is 10.4. The van der Waals surface area contributed by atoms with Gasteiger partial charge in [-0.3, -0.25) is 0 Å². The second-order valence-corrected chi connectivity index (χ2v) is 5.29. The maximum atomic E-state index is 9.70. The number of aromatic hydroxyl groups is 2. The summed E-state index contributed by atoms with van der Waals surface area (Å²) in [5.74, 6) is 0.270. The van der Waals surface area contributed by atoms with Crippen molar-refractivity contribution in [1.29, 1.82) is 0 Å². The Labute approximate surface area is 102 Å². The monoisotopic (exact) mass is 235 g/mol. The molecule has 0 aliphatic heterocycles. The maximum Gasteiger partial charge on any atom is 0.123 e. The highest BCUT2D eigenvalue weighted by molar-refractivity contribution is 5.38. The third-order valence-electron chi connectivity index (χ3n) is 3.73. The molecule has 1 aliphatic rings. The largest absolute Gasteiger partial charge is 0.508 e. The van der Waals surface area contributed by atoms with Crippen molar-refractivity contribution in [3.05, 3.63) is 23.8 Å². The van der Waals surface area contributed by atoms with Crippen molar-refractivity contribution in [3.63, 3.8) is 0 Å². The van der Waals surface area contributed by atoms with Gasteiger partial charge in [-0.25, -0.2) is 0 Å². The molecule has 0 spiro atoms. The first-order valence-corrected chi connectivity index (χ1v) is 6.35. The van der Waals surface area contributed by atoms with E-state index in [0.29, 0.717) is 6.54 Å². The number of nitrogens with one attached hydrogen (secondary N) is 1. The van der Waals surface area contributed by atoms with Crippen molar-refractivity contribution in [2.75, 3.05) is 0 Å². The minimum Gasteiger partial charge on any atom is -0.508 e. The van der Waals surface area contributed by atoms with Crippen LogP contribution < -0.4 is 5.32 Å². The Kier molecular flexibility index (Phi) is 3.57. The molecule has 0 radical (unpaired) electrons. The van der Waals surface area contributed by atoms with Crippen LogP contribution in [0.25, 0.3) is 0 Å². The second-order valence-electron chi connectivity index (χ2n) is 5.29. The van der Waals surface area contributed by atoms with Crippen molar-refractivity contribution < 1.29 is 10.2 Å². The van der Waals surface area contributed by atoms with Gasteiger partial charge in [-0.1, -0.05) is 25.3 Å². The van der Waals surface area contributed by atoms with E-state index in [-0.39, 0.29) is 17.0 Å². The minimum atomic E-state index is 0.107. The summed E-state index contributed by atoms with van der Waals surface area (Å²) >= 11 is 0. The summed E-state index contributed by atoms with van der Waals surface area (Å²) in [6, 6.07) is 4.77. The molecule has 1 aliphatic carbocycles. The maximum absolute atomic E-state index is 9.70. The molecule has 3 N–H and O–H groups in total. The minimum absolute atomic E-state index is 0.107. The molecule has 0 aromatic heterocycles. The molecular weight excluding hydrogens is 214 g/mol. The summed E-state index contributed by atoms with van der Waals surface area (Å²) < 4.78 is 0. The summed E-state index contributed by atoms with van der Waals surface area (Å²) in [4.78, 5) is 0. The number of phenolic OH excluding ortho intramolecular Hbond substituents is 2. The van der Waals surface area contributed by atoms with E-state index < -0.39 is 0 Å². The molecular formula is C14H21NO2. The molecule has 0 bridgehead atoms. The second kappa shape index (κ2) is 4.96. The fourth-order valence-corrected chi connectivity index (χ4v) is 2.52. The number of hydrogen-bond acceptors (Lipinski definition) is 3. The summed E-state index contributed by atoms with van der Waals surface area (Å²) in [7, 11) is 0. The van der Waals surface area contributed by atoms with E-state index in [0.717, 1.165) is 5.56 Å². The predicted octanol–water partition coefficient (Wildman–Crippen LogP) is 2.91. The van der Waals surface area contributed by atoms with Gasteiger partial charge in [-0.2, -0.15) is 0 Å². The van der Waals surface area contributed by atoms with E-state index in [1.54, 1.807) is 12.1 Å². The number of phenols is 2. The van der Waals surface area contributed by atoms with Gasteiger partial charge in [0.25, 0.3) is 0 Å². The smallest absolute Gasteiger partial charge is 0.123 e. The lowest BCUT2D eigenvalue weighted by Crippen LogP contribution is -2.43. The Hall–Kier alpha value is -1.22. The quantitative estimate of drug-likeness (QED) is 0.755. The fourth-order valence-electron chi connectivity index (χ4n) is 2.52. The van der Waals surface area contributed by atoms with Gasteiger partial charge < -0.3 is 15.5 Å². The van der Waals surface area contributed by atoms with Crippen molar-refractivity contribution >= 4 is 0 Å². The van der Waals surface area contributed by atoms with Crippen LogP contribution in [0.2, 0.25) is 0 Å². The van der Waals surface area contributed by atoms with Crippen LogP contribution in [0.5, 0.6) is 11.5 Å². The summed E-state index contributed by atoms with van der Waals surface area (Å²) in [5, 5.41) is 22.5. The molecule has 0 saturated heterocycles. The van der Waals surface area contributed by atoms with Gasteiger partial charge in [0.05, 0.1) is 0 Å². The molecule has 1 saturated carbocycles. The van der Waals surface area contributed by atoms with Gasteiger partial charge in [0, 0.05) is 23.7 Å². The molecule has 0 unspecified atom stereocenters. The van der Waals surface area contributed by atoms with E-state index in [4.69, 9.17) is 0 Å². The average Bonchev–Trinajstić information content (AvgIpc) is 2.29. The highest BCUT2D eigenvalue weighted by atomic mass is 16.3. The summed E-state index contributed by atoms with van der Waals surface area (Å²) in [6.45, 7) is 2.91. The standard InChI is InChI=1S/C14H21NO2/c1-14(7-3-2-4-8-14)15-10-11-5-6-12(16)9-13(11)17/h5-6,9,15-17H,2-4,7-8,10H2,1H3. The third-order valence-corrected chi connectivity index (χ3v) is 3.73. The lowest BCUT2D eigenvalue weighted by Gasteiger charge is -2.35. The SMILES string of the molecule is CC1(NCc2ccc(O)cc2O)CCCCC1. The van der Waals surface area contributed by atoms with Crippen LogP contribution in [0.15, 0.2) is 18.2 Å². The van der Waals surface area contributed by atoms with Crippen LogP contribution in [0.1, 0.15) is 44.6 Å². The van der Waals surface area contributed by atoms with Gasteiger partial charge in [0.2, 0.25) is 0 Å². The van der Waals surface area contributed by atoms with E-state index in [1.165, 1.54) is 38.2 Å². The number of hydrogen-bond donors (Lipinski definition) is 3. The van der Waals surface area contributed by atoms with Gasteiger partial charge in [0.1, 0.15) is 11.5 Å². The first-order valence-electron chi connectivity index (χ1n) is 6.35. The Morgan fingerprint density at radius 1 is 1.18 bits per heavy atom. The lowest BCUT2D eigenvalue weighted by molar-refractivity contribution is 0.251. The van der Waals surface area contributed by atoms with Gasteiger partial charge in [0.15, 0.2) is 0 Å². The molecule has 1 aromatic carbocycles. The van der Waals surface area contributed by atoms with Crippen LogP contribution >= 0.6 is 0 Å². The molecule has 0 amide bonds.